The van der Waals surface area contributed by atoms with Crippen molar-refractivity contribution in [3.8, 4) is 0 Å². The van der Waals surface area contributed by atoms with Gasteiger partial charge >= 0.3 is 0 Å². The number of hydrogen-bond donors (Lipinski definition) is 0. The molecule has 0 aliphatic heterocycles. The molecule has 7 heavy (non-hydrogen) atoms. The molecule has 0 bridgehead atoms. The minimum absolute atomic E-state index is 0.866. The Kier molecular flexibility index (Phi) is 3.15. The monoisotopic (exact) mass is 98.1 g/mol. The molecule has 0 rings (SSSR count). The molecule has 0 spiro atoms. The molecule has 0 saturated carbocycles. The molecule has 0 unspecified atom stereocenters. The largest absolute Gasteiger partial charge is 0.105 e. The zero-order chi connectivity index (χ0) is 5.86. The van der Waals surface area contributed by atoms with E-state index >= 15 is 0 Å². The van der Waals surface area contributed by atoms with Crippen LogP contribution in [-0.4, -0.2) is 7.85 Å². The SMILES string of the molecule is B[C@@H](C)[C@H](C)CC. The Bertz CT molecular complexity index is 41.4. The van der Waals surface area contributed by atoms with Crippen LogP contribution in [0, 0.1) is 5.92 Å². The molecule has 0 saturated heterocycles. The van der Waals surface area contributed by atoms with Crippen molar-refractivity contribution in [3.05, 3.63) is 0 Å². The summed E-state index contributed by atoms with van der Waals surface area (Å²) in [4.78, 5) is 0. The topological polar surface area (TPSA) is 0 Å². The van der Waals surface area contributed by atoms with Crippen molar-refractivity contribution in [1.29, 1.82) is 0 Å². The molecule has 0 fully saturated rings. The summed E-state index contributed by atoms with van der Waals surface area (Å²) in [5.74, 6) is 1.77. The molecule has 0 aliphatic rings. The third kappa shape index (κ3) is 2.72. The van der Waals surface area contributed by atoms with Gasteiger partial charge in [-0.1, -0.05) is 33.0 Å². The Morgan fingerprint density at radius 2 is 1.86 bits per heavy atom. The van der Waals surface area contributed by atoms with Crippen LogP contribution >= 0.6 is 0 Å². The van der Waals surface area contributed by atoms with Crippen LogP contribution in [0.4, 0.5) is 0 Å². The number of rotatable bonds is 2. The normalized spacial score (nSPS) is 18.7. The Balaban J connectivity index is 3.14. The van der Waals surface area contributed by atoms with Crippen molar-refractivity contribution in [2.75, 3.05) is 0 Å². The Morgan fingerprint density at radius 3 is 1.86 bits per heavy atom. The van der Waals surface area contributed by atoms with Gasteiger partial charge in [0.15, 0.2) is 0 Å². The molecule has 0 heterocycles. The van der Waals surface area contributed by atoms with Gasteiger partial charge in [0.25, 0.3) is 0 Å². The molecular formula is C6H15B. The van der Waals surface area contributed by atoms with Crippen LogP contribution in [0.15, 0.2) is 0 Å². The summed E-state index contributed by atoms with van der Waals surface area (Å²) in [5, 5.41) is 0. The molecule has 0 aromatic heterocycles. The summed E-state index contributed by atoms with van der Waals surface area (Å²) in [6, 6.07) is 0. The molecule has 42 valence electrons. The molecule has 1 heteroatoms. The first kappa shape index (κ1) is 7.06. The van der Waals surface area contributed by atoms with Gasteiger partial charge in [0.05, 0.1) is 0 Å². The van der Waals surface area contributed by atoms with Crippen LogP contribution in [0.25, 0.3) is 0 Å². The Labute approximate surface area is 47.7 Å². The molecule has 0 aromatic carbocycles. The van der Waals surface area contributed by atoms with Gasteiger partial charge in [-0.3, -0.25) is 0 Å². The fourth-order valence-corrected chi connectivity index (χ4v) is 0.471. The van der Waals surface area contributed by atoms with Crippen LogP contribution in [0.5, 0.6) is 0 Å². The van der Waals surface area contributed by atoms with Crippen LogP contribution in [0.1, 0.15) is 27.2 Å². The van der Waals surface area contributed by atoms with Gasteiger partial charge in [-0.15, -0.1) is 0 Å². The predicted molar refractivity (Wildman–Crippen MR) is 37.4 cm³/mol. The predicted octanol–water partition coefficient (Wildman–Crippen LogP) is 1.47. The highest BCUT2D eigenvalue weighted by molar-refractivity contribution is 6.11. The zero-order valence-corrected chi connectivity index (χ0v) is 5.86. The summed E-state index contributed by atoms with van der Waals surface area (Å²) in [7, 11) is 2.27. The average Bonchev–Trinajstić information content (AvgIpc) is 1.65. The summed E-state index contributed by atoms with van der Waals surface area (Å²) < 4.78 is 0. The van der Waals surface area contributed by atoms with E-state index in [0.29, 0.717) is 0 Å². The van der Waals surface area contributed by atoms with Crippen LogP contribution in [-0.2, 0) is 0 Å². The van der Waals surface area contributed by atoms with Crippen molar-refractivity contribution < 1.29 is 0 Å². The molecule has 0 amide bonds. The van der Waals surface area contributed by atoms with Crippen LogP contribution in [0.3, 0.4) is 0 Å². The summed E-state index contributed by atoms with van der Waals surface area (Å²) in [5.41, 5.74) is 0. The smallest absolute Gasteiger partial charge is 0.0700 e. The van der Waals surface area contributed by atoms with Crippen molar-refractivity contribution in [1.82, 2.24) is 0 Å². The van der Waals surface area contributed by atoms with Gasteiger partial charge < -0.3 is 0 Å². The lowest BCUT2D eigenvalue weighted by Gasteiger charge is -2.10. The van der Waals surface area contributed by atoms with Gasteiger partial charge in [0.2, 0.25) is 0 Å². The minimum Gasteiger partial charge on any atom is -0.0700 e. The third-order valence-corrected chi connectivity index (χ3v) is 1.78. The second-order valence-corrected chi connectivity index (χ2v) is 2.63. The van der Waals surface area contributed by atoms with Crippen molar-refractivity contribution in [3.63, 3.8) is 0 Å². The summed E-state index contributed by atoms with van der Waals surface area (Å²) in [6.45, 7) is 6.81. The lowest BCUT2D eigenvalue weighted by atomic mass is 9.78. The first-order valence-electron chi connectivity index (χ1n) is 3.18. The van der Waals surface area contributed by atoms with Gasteiger partial charge in [-0.2, -0.15) is 0 Å². The van der Waals surface area contributed by atoms with Crippen molar-refractivity contribution >= 4 is 7.85 Å². The fraction of sp³-hybridized carbons (Fsp3) is 1.00. The van der Waals surface area contributed by atoms with E-state index in [2.05, 4.69) is 28.6 Å². The summed E-state index contributed by atoms with van der Waals surface area (Å²) in [6.07, 6.45) is 1.32. The molecule has 0 nitrogen and oxygen atoms in total. The minimum atomic E-state index is 0.866. The fourth-order valence-electron chi connectivity index (χ4n) is 0.471. The maximum atomic E-state index is 2.30. The lowest BCUT2D eigenvalue weighted by molar-refractivity contribution is 0.544. The van der Waals surface area contributed by atoms with E-state index in [1.165, 1.54) is 6.42 Å². The zero-order valence-electron chi connectivity index (χ0n) is 5.86. The van der Waals surface area contributed by atoms with E-state index in [1.54, 1.807) is 0 Å². The first-order chi connectivity index (χ1) is 3.18. The summed E-state index contributed by atoms with van der Waals surface area (Å²) >= 11 is 0. The van der Waals surface area contributed by atoms with E-state index in [9.17, 15) is 0 Å². The van der Waals surface area contributed by atoms with Crippen LogP contribution < -0.4 is 0 Å². The molecule has 0 radical (unpaired) electrons. The van der Waals surface area contributed by atoms with E-state index in [4.69, 9.17) is 0 Å². The van der Waals surface area contributed by atoms with Gasteiger partial charge in [-0.05, 0) is 5.92 Å². The average molecular weight is 98.0 g/mol. The lowest BCUT2D eigenvalue weighted by Crippen LogP contribution is -1.98. The van der Waals surface area contributed by atoms with Gasteiger partial charge in [-0.25, -0.2) is 0 Å². The Hall–Kier alpha value is 0.0649. The van der Waals surface area contributed by atoms with Crippen LogP contribution in [0.2, 0.25) is 5.82 Å². The Morgan fingerprint density at radius 1 is 1.43 bits per heavy atom. The highest BCUT2D eigenvalue weighted by Crippen LogP contribution is 2.14. The molecule has 0 N–H and O–H groups in total. The molecular weight excluding hydrogens is 82.9 g/mol. The van der Waals surface area contributed by atoms with Gasteiger partial charge in [0, 0.05) is 0 Å². The maximum absolute atomic E-state index is 2.30. The van der Waals surface area contributed by atoms with E-state index < -0.39 is 0 Å². The van der Waals surface area contributed by atoms with E-state index in [1.807, 2.05) is 0 Å². The molecule has 2 atom stereocenters. The highest BCUT2D eigenvalue weighted by atomic mass is 14.0. The quantitative estimate of drug-likeness (QED) is 0.459. The van der Waals surface area contributed by atoms with Gasteiger partial charge in [0.1, 0.15) is 7.85 Å². The van der Waals surface area contributed by atoms with Crippen molar-refractivity contribution in [2.45, 2.75) is 33.0 Å². The number of hydrogen-bond acceptors (Lipinski definition) is 0. The van der Waals surface area contributed by atoms with E-state index in [-0.39, 0.29) is 0 Å². The van der Waals surface area contributed by atoms with E-state index in [0.717, 1.165) is 11.7 Å². The maximum Gasteiger partial charge on any atom is 0.105 e. The standard InChI is InChI=1S/C6H15B/c1-4-5(2)6(3)7/h5-6H,4,7H2,1-3H3/t5-,6+/m1/s1. The first-order valence-corrected chi connectivity index (χ1v) is 3.18. The third-order valence-electron chi connectivity index (χ3n) is 1.78. The second kappa shape index (κ2) is 3.12. The molecule has 0 aromatic rings. The second-order valence-electron chi connectivity index (χ2n) is 2.63. The molecule has 0 aliphatic carbocycles. The highest BCUT2D eigenvalue weighted by Gasteiger charge is 2.01. The van der Waals surface area contributed by atoms with Crippen molar-refractivity contribution in [2.24, 2.45) is 5.92 Å².